The summed E-state index contributed by atoms with van der Waals surface area (Å²) in [6, 6.07) is 3.67. The van der Waals surface area contributed by atoms with Crippen molar-refractivity contribution in [2.75, 3.05) is 6.54 Å². The van der Waals surface area contributed by atoms with Gasteiger partial charge >= 0.3 is 0 Å². The summed E-state index contributed by atoms with van der Waals surface area (Å²) < 4.78 is 6.60. The number of amides is 1. The van der Waals surface area contributed by atoms with E-state index in [0.29, 0.717) is 18.8 Å². The summed E-state index contributed by atoms with van der Waals surface area (Å²) in [4.78, 5) is 14.0. The van der Waals surface area contributed by atoms with Crippen molar-refractivity contribution >= 4 is 5.91 Å². The summed E-state index contributed by atoms with van der Waals surface area (Å²) in [5.41, 5.74) is 2.31. The van der Waals surface area contributed by atoms with E-state index in [1.165, 1.54) is 6.20 Å². The van der Waals surface area contributed by atoms with Gasteiger partial charge in [0, 0.05) is 25.2 Å². The second-order valence-corrected chi connectivity index (χ2v) is 4.72. The Morgan fingerprint density at radius 1 is 1.55 bits per heavy atom. The number of carbonyl (C=O) groups is 1. The molecule has 0 atom stereocenters. The van der Waals surface area contributed by atoms with Crippen molar-refractivity contribution in [1.29, 1.82) is 5.26 Å². The Morgan fingerprint density at radius 3 is 3.10 bits per heavy atom. The van der Waals surface area contributed by atoms with Crippen molar-refractivity contribution in [3.63, 3.8) is 0 Å². The summed E-state index contributed by atoms with van der Waals surface area (Å²) in [5.74, 6) is 0.0474. The van der Waals surface area contributed by atoms with Gasteiger partial charge in [0.25, 0.3) is 5.91 Å². The van der Waals surface area contributed by atoms with Gasteiger partial charge in [0.1, 0.15) is 6.07 Å². The van der Waals surface area contributed by atoms with Crippen LogP contribution in [-0.2, 0) is 20.0 Å². The minimum atomic E-state index is -0.185. The Labute approximate surface area is 115 Å². The fraction of sp³-hybridized carbons (Fsp3) is 0.385. The minimum absolute atomic E-state index is 0.185. The molecule has 0 aliphatic carbocycles. The Kier molecular flexibility index (Phi) is 2.99. The third-order valence-electron chi connectivity index (χ3n) is 3.51. The number of fused-ring (bicyclic) bond motifs is 1. The fourth-order valence-corrected chi connectivity index (χ4v) is 2.51. The first-order valence-electron chi connectivity index (χ1n) is 6.35. The molecule has 2 aromatic heterocycles. The molecule has 1 aliphatic heterocycles. The standard InChI is InChI=1S/C13H13N5O2/c1-17-11-8-18(13(19)12-4-5-15-20-12)6-2-3-9(11)10(7-14)16-17/h4-5H,2-3,6,8H2,1H3. The van der Waals surface area contributed by atoms with Crippen LogP contribution < -0.4 is 0 Å². The zero-order chi connectivity index (χ0) is 14.1. The van der Waals surface area contributed by atoms with Crippen molar-refractivity contribution in [2.24, 2.45) is 7.05 Å². The molecule has 102 valence electrons. The SMILES string of the molecule is Cn1nc(C#N)c2c1CN(C(=O)c1ccno1)CCC2. The van der Waals surface area contributed by atoms with Crippen LogP contribution in [-0.4, -0.2) is 32.3 Å². The van der Waals surface area contributed by atoms with Gasteiger partial charge in [-0.05, 0) is 12.8 Å². The van der Waals surface area contributed by atoms with Crippen molar-refractivity contribution in [3.8, 4) is 6.07 Å². The van der Waals surface area contributed by atoms with Gasteiger partial charge in [-0.15, -0.1) is 0 Å². The van der Waals surface area contributed by atoms with Crippen molar-refractivity contribution in [2.45, 2.75) is 19.4 Å². The van der Waals surface area contributed by atoms with E-state index in [1.807, 2.05) is 0 Å². The molecule has 1 aliphatic rings. The predicted molar refractivity (Wildman–Crippen MR) is 67.5 cm³/mol. The predicted octanol–water partition coefficient (Wildman–Crippen LogP) is 0.868. The number of nitriles is 1. The van der Waals surface area contributed by atoms with E-state index in [1.54, 1.807) is 22.7 Å². The number of carbonyl (C=O) groups excluding carboxylic acids is 1. The highest BCUT2D eigenvalue weighted by Crippen LogP contribution is 2.22. The van der Waals surface area contributed by atoms with Crippen LogP contribution in [0.2, 0.25) is 0 Å². The monoisotopic (exact) mass is 271 g/mol. The third-order valence-corrected chi connectivity index (χ3v) is 3.51. The summed E-state index contributed by atoms with van der Waals surface area (Å²) in [7, 11) is 1.79. The van der Waals surface area contributed by atoms with Gasteiger partial charge in [-0.3, -0.25) is 9.48 Å². The van der Waals surface area contributed by atoms with Crippen LogP contribution in [0.4, 0.5) is 0 Å². The van der Waals surface area contributed by atoms with Gasteiger partial charge in [-0.25, -0.2) is 0 Å². The van der Waals surface area contributed by atoms with Gasteiger partial charge in [-0.2, -0.15) is 10.4 Å². The van der Waals surface area contributed by atoms with E-state index >= 15 is 0 Å². The Bertz CT molecular complexity index is 680. The van der Waals surface area contributed by atoms with Crippen LogP contribution in [0.15, 0.2) is 16.8 Å². The van der Waals surface area contributed by atoms with Gasteiger partial charge in [0.15, 0.2) is 5.69 Å². The molecule has 0 aromatic carbocycles. The Morgan fingerprint density at radius 2 is 2.40 bits per heavy atom. The summed E-state index contributed by atoms with van der Waals surface area (Å²) >= 11 is 0. The molecule has 0 fully saturated rings. The van der Waals surface area contributed by atoms with Crippen LogP contribution in [0.25, 0.3) is 0 Å². The van der Waals surface area contributed by atoms with Crippen molar-refractivity contribution in [1.82, 2.24) is 19.8 Å². The number of nitrogens with zero attached hydrogens (tertiary/aromatic N) is 5. The highest BCUT2D eigenvalue weighted by atomic mass is 16.5. The number of aromatic nitrogens is 3. The minimum Gasteiger partial charge on any atom is -0.351 e. The van der Waals surface area contributed by atoms with Crippen LogP contribution in [0.5, 0.6) is 0 Å². The smallest absolute Gasteiger partial charge is 0.292 e. The highest BCUT2D eigenvalue weighted by Gasteiger charge is 2.26. The number of hydrogen-bond donors (Lipinski definition) is 0. The number of aryl methyl sites for hydroxylation is 1. The maximum Gasteiger partial charge on any atom is 0.292 e. The molecule has 0 radical (unpaired) electrons. The van der Waals surface area contributed by atoms with Gasteiger partial charge < -0.3 is 9.42 Å². The molecule has 0 saturated heterocycles. The zero-order valence-corrected chi connectivity index (χ0v) is 11.0. The maximum atomic E-state index is 12.3. The molecule has 1 amide bonds. The van der Waals surface area contributed by atoms with Crippen molar-refractivity contribution < 1.29 is 9.32 Å². The largest absolute Gasteiger partial charge is 0.351 e. The van der Waals surface area contributed by atoms with Crippen LogP contribution in [0, 0.1) is 11.3 Å². The van der Waals surface area contributed by atoms with E-state index in [4.69, 9.17) is 9.78 Å². The first-order valence-corrected chi connectivity index (χ1v) is 6.35. The average Bonchev–Trinajstić information content (AvgIpc) is 3.01. The van der Waals surface area contributed by atoms with Crippen LogP contribution in [0.1, 0.15) is 33.9 Å². The zero-order valence-electron chi connectivity index (χ0n) is 11.0. The van der Waals surface area contributed by atoms with Crippen LogP contribution >= 0.6 is 0 Å². The van der Waals surface area contributed by atoms with Gasteiger partial charge in [0.2, 0.25) is 5.76 Å². The summed E-state index contributed by atoms with van der Waals surface area (Å²) in [6.07, 6.45) is 3.01. The fourth-order valence-electron chi connectivity index (χ4n) is 2.51. The molecule has 0 bridgehead atoms. The van der Waals surface area contributed by atoms with E-state index in [2.05, 4.69) is 16.3 Å². The molecule has 3 heterocycles. The molecule has 2 aromatic rings. The first kappa shape index (κ1) is 12.4. The normalized spacial score (nSPS) is 14.5. The lowest BCUT2D eigenvalue weighted by Crippen LogP contribution is -2.31. The number of hydrogen-bond acceptors (Lipinski definition) is 5. The topological polar surface area (TPSA) is 88.0 Å². The molecule has 20 heavy (non-hydrogen) atoms. The quantitative estimate of drug-likeness (QED) is 0.767. The number of rotatable bonds is 1. The molecule has 0 spiro atoms. The summed E-state index contributed by atoms with van der Waals surface area (Å²) in [5, 5.41) is 16.8. The molecule has 7 heteroatoms. The van der Waals surface area contributed by atoms with E-state index in [0.717, 1.165) is 24.1 Å². The molecule has 0 N–H and O–H groups in total. The van der Waals surface area contributed by atoms with Gasteiger partial charge in [0.05, 0.1) is 18.4 Å². The molecule has 7 nitrogen and oxygen atoms in total. The highest BCUT2D eigenvalue weighted by molar-refractivity contribution is 5.91. The molecule has 3 rings (SSSR count). The molecule has 0 saturated carbocycles. The summed E-state index contributed by atoms with van der Waals surface area (Å²) in [6.45, 7) is 1.05. The lowest BCUT2D eigenvalue weighted by molar-refractivity contribution is 0.0700. The average molecular weight is 271 g/mol. The second kappa shape index (κ2) is 4.81. The lowest BCUT2D eigenvalue weighted by Gasteiger charge is -2.19. The van der Waals surface area contributed by atoms with Crippen LogP contribution in [0.3, 0.4) is 0 Å². The van der Waals surface area contributed by atoms with E-state index in [-0.39, 0.29) is 11.7 Å². The van der Waals surface area contributed by atoms with Gasteiger partial charge in [-0.1, -0.05) is 5.16 Å². The molecular formula is C13H13N5O2. The lowest BCUT2D eigenvalue weighted by atomic mass is 10.1. The Hall–Kier alpha value is -2.62. The maximum absolute atomic E-state index is 12.3. The Balaban J connectivity index is 1.92. The molecule has 0 unspecified atom stereocenters. The molecular weight excluding hydrogens is 258 g/mol. The first-order chi connectivity index (χ1) is 9.70. The van der Waals surface area contributed by atoms with Crippen molar-refractivity contribution in [3.05, 3.63) is 35.0 Å². The third kappa shape index (κ3) is 1.95. The second-order valence-electron chi connectivity index (χ2n) is 4.72. The van der Waals surface area contributed by atoms with E-state index in [9.17, 15) is 4.79 Å². The van der Waals surface area contributed by atoms with E-state index < -0.39 is 0 Å².